The Bertz CT molecular complexity index is 1030. The van der Waals surface area contributed by atoms with Gasteiger partial charge in [0.1, 0.15) is 5.82 Å². The minimum atomic E-state index is -4.52. The number of alkyl halides is 3. The van der Waals surface area contributed by atoms with Crippen molar-refractivity contribution in [3.63, 3.8) is 0 Å². The van der Waals surface area contributed by atoms with Crippen LogP contribution in [0.2, 0.25) is 0 Å². The van der Waals surface area contributed by atoms with Gasteiger partial charge in [0.15, 0.2) is 5.69 Å². The molecule has 146 valence electrons. The number of halogens is 4. The second-order valence-electron chi connectivity index (χ2n) is 6.16. The second-order valence-corrected chi connectivity index (χ2v) is 6.16. The topological polar surface area (TPSA) is 59.8 Å². The van der Waals surface area contributed by atoms with Crippen molar-refractivity contribution in [2.24, 2.45) is 0 Å². The number of rotatable bonds is 4. The Morgan fingerprint density at radius 2 is 1.82 bits per heavy atom. The van der Waals surface area contributed by atoms with Crippen LogP contribution in [0.4, 0.5) is 17.6 Å². The molecule has 9 heteroatoms. The quantitative estimate of drug-likeness (QED) is 0.684. The van der Waals surface area contributed by atoms with E-state index in [2.05, 4.69) is 15.6 Å². The van der Waals surface area contributed by atoms with Crippen LogP contribution in [0.3, 0.4) is 0 Å². The molecule has 1 heterocycles. The number of benzene rings is 2. The fraction of sp³-hybridized carbons (Fsp3) is 0.211. The number of nitrogens with one attached hydrogen (secondary N) is 1. The number of carbonyl (C=O) groups is 1. The highest BCUT2D eigenvalue weighted by Gasteiger charge is 2.33. The summed E-state index contributed by atoms with van der Waals surface area (Å²) >= 11 is 0. The third-order valence-electron chi connectivity index (χ3n) is 4.34. The maximum absolute atomic E-state index is 13.8. The molecule has 0 spiro atoms. The van der Waals surface area contributed by atoms with Crippen molar-refractivity contribution in [2.75, 3.05) is 0 Å². The van der Waals surface area contributed by atoms with Crippen molar-refractivity contribution in [1.29, 1.82) is 0 Å². The van der Waals surface area contributed by atoms with Crippen LogP contribution in [0.1, 0.15) is 32.9 Å². The highest BCUT2D eigenvalue weighted by molar-refractivity contribution is 5.93. The van der Waals surface area contributed by atoms with Gasteiger partial charge >= 0.3 is 6.18 Å². The molecule has 3 rings (SSSR count). The summed E-state index contributed by atoms with van der Waals surface area (Å²) < 4.78 is 54.2. The molecular formula is C19H16F4N4O. The number of amides is 1. The van der Waals surface area contributed by atoms with Gasteiger partial charge in [0.2, 0.25) is 0 Å². The largest absolute Gasteiger partial charge is 0.416 e. The summed E-state index contributed by atoms with van der Waals surface area (Å²) in [5, 5.41) is 10.1. The van der Waals surface area contributed by atoms with E-state index in [0.29, 0.717) is 16.9 Å². The van der Waals surface area contributed by atoms with Crippen molar-refractivity contribution < 1.29 is 22.4 Å². The van der Waals surface area contributed by atoms with Gasteiger partial charge in [-0.15, -0.1) is 5.10 Å². The predicted octanol–water partition coefficient (Wildman–Crippen LogP) is 3.97. The molecule has 1 amide bonds. The lowest BCUT2D eigenvalue weighted by molar-refractivity contribution is -0.138. The Hall–Kier alpha value is -3.23. The van der Waals surface area contributed by atoms with Crippen LogP contribution in [-0.4, -0.2) is 20.9 Å². The third kappa shape index (κ3) is 3.73. The minimum Gasteiger partial charge on any atom is -0.346 e. The highest BCUT2D eigenvalue weighted by Crippen LogP contribution is 2.31. The Kier molecular flexibility index (Phi) is 5.17. The number of carbonyl (C=O) groups excluding carboxylic acids is 1. The van der Waals surface area contributed by atoms with Gasteiger partial charge in [-0.3, -0.25) is 4.79 Å². The molecule has 1 aromatic heterocycles. The smallest absolute Gasteiger partial charge is 0.346 e. The SMILES string of the molecule is Cc1c(F)cccc1-n1nnc(C(=O)NCc2ccccc2C(F)(F)F)c1C. The molecule has 0 aliphatic carbocycles. The van der Waals surface area contributed by atoms with Crippen LogP contribution >= 0.6 is 0 Å². The molecule has 0 fully saturated rings. The number of hydrogen-bond donors (Lipinski definition) is 1. The molecule has 1 N–H and O–H groups in total. The highest BCUT2D eigenvalue weighted by atomic mass is 19.4. The van der Waals surface area contributed by atoms with Crippen molar-refractivity contribution in [1.82, 2.24) is 20.3 Å². The van der Waals surface area contributed by atoms with Crippen LogP contribution in [0.15, 0.2) is 42.5 Å². The molecular weight excluding hydrogens is 376 g/mol. The fourth-order valence-corrected chi connectivity index (χ4v) is 2.80. The molecule has 0 saturated heterocycles. The lowest BCUT2D eigenvalue weighted by Crippen LogP contribution is -2.25. The van der Waals surface area contributed by atoms with E-state index in [-0.39, 0.29) is 17.8 Å². The fourth-order valence-electron chi connectivity index (χ4n) is 2.80. The number of aromatic nitrogens is 3. The molecule has 0 aliphatic heterocycles. The molecule has 2 aromatic carbocycles. The number of nitrogens with zero attached hydrogens (tertiary/aromatic N) is 3. The summed E-state index contributed by atoms with van der Waals surface area (Å²) in [6.07, 6.45) is -4.52. The Morgan fingerprint density at radius 1 is 1.11 bits per heavy atom. The monoisotopic (exact) mass is 392 g/mol. The van der Waals surface area contributed by atoms with Gasteiger partial charge in [0.05, 0.1) is 16.9 Å². The van der Waals surface area contributed by atoms with Crippen LogP contribution in [0.5, 0.6) is 0 Å². The standard InChI is InChI=1S/C19H16F4N4O/c1-11-15(20)8-5-9-16(11)27-12(2)17(25-26-27)18(28)24-10-13-6-3-4-7-14(13)19(21,22)23/h3-9H,10H2,1-2H3,(H,24,28). The van der Waals surface area contributed by atoms with E-state index < -0.39 is 23.5 Å². The van der Waals surface area contributed by atoms with Crippen LogP contribution in [0, 0.1) is 19.7 Å². The van der Waals surface area contributed by atoms with E-state index >= 15 is 0 Å². The first-order valence-corrected chi connectivity index (χ1v) is 8.31. The Balaban J connectivity index is 1.82. The Morgan fingerprint density at radius 3 is 2.54 bits per heavy atom. The van der Waals surface area contributed by atoms with Crippen LogP contribution in [-0.2, 0) is 12.7 Å². The van der Waals surface area contributed by atoms with Crippen LogP contribution < -0.4 is 5.32 Å². The van der Waals surface area contributed by atoms with Crippen molar-refractivity contribution in [2.45, 2.75) is 26.6 Å². The summed E-state index contributed by atoms with van der Waals surface area (Å²) in [4.78, 5) is 12.4. The molecule has 0 bridgehead atoms. The lowest BCUT2D eigenvalue weighted by Gasteiger charge is -2.13. The zero-order valence-electron chi connectivity index (χ0n) is 15.0. The predicted molar refractivity (Wildman–Crippen MR) is 93.4 cm³/mol. The average molecular weight is 392 g/mol. The van der Waals surface area contributed by atoms with Gasteiger partial charge < -0.3 is 5.32 Å². The zero-order valence-corrected chi connectivity index (χ0v) is 15.0. The molecule has 0 aliphatic rings. The van der Waals surface area contributed by atoms with Crippen LogP contribution in [0.25, 0.3) is 5.69 Å². The third-order valence-corrected chi connectivity index (χ3v) is 4.34. The van der Waals surface area contributed by atoms with Crippen molar-refractivity contribution >= 4 is 5.91 Å². The number of hydrogen-bond acceptors (Lipinski definition) is 3. The lowest BCUT2D eigenvalue weighted by atomic mass is 10.1. The van der Waals surface area contributed by atoms with E-state index in [1.165, 1.54) is 35.0 Å². The first kappa shape index (κ1) is 19.5. The molecule has 0 radical (unpaired) electrons. The second kappa shape index (κ2) is 7.41. The molecule has 5 nitrogen and oxygen atoms in total. The van der Waals surface area contributed by atoms with Gasteiger partial charge in [-0.05, 0) is 37.6 Å². The normalized spacial score (nSPS) is 11.5. The van der Waals surface area contributed by atoms with Gasteiger partial charge in [0, 0.05) is 12.1 Å². The first-order chi connectivity index (χ1) is 13.2. The molecule has 3 aromatic rings. The van der Waals surface area contributed by atoms with Gasteiger partial charge in [-0.25, -0.2) is 9.07 Å². The summed E-state index contributed by atoms with van der Waals surface area (Å²) in [6.45, 7) is 2.82. The van der Waals surface area contributed by atoms with E-state index in [0.717, 1.165) is 6.07 Å². The summed E-state index contributed by atoms with van der Waals surface area (Å²) in [5.41, 5.74) is 0.178. The summed E-state index contributed by atoms with van der Waals surface area (Å²) in [5.74, 6) is -1.10. The van der Waals surface area contributed by atoms with Crippen molar-refractivity contribution in [3.8, 4) is 5.69 Å². The maximum Gasteiger partial charge on any atom is 0.416 e. The maximum atomic E-state index is 13.8. The average Bonchev–Trinajstić information content (AvgIpc) is 3.03. The molecule has 0 saturated carbocycles. The summed E-state index contributed by atoms with van der Waals surface area (Å²) in [7, 11) is 0. The molecule has 28 heavy (non-hydrogen) atoms. The van der Waals surface area contributed by atoms with Gasteiger partial charge in [0.25, 0.3) is 5.91 Å². The molecule has 0 atom stereocenters. The van der Waals surface area contributed by atoms with Gasteiger partial charge in [-0.1, -0.05) is 29.5 Å². The van der Waals surface area contributed by atoms with E-state index in [4.69, 9.17) is 0 Å². The Labute approximate surface area is 158 Å². The first-order valence-electron chi connectivity index (χ1n) is 8.31. The van der Waals surface area contributed by atoms with E-state index in [9.17, 15) is 22.4 Å². The van der Waals surface area contributed by atoms with Crippen molar-refractivity contribution in [3.05, 3.63) is 76.4 Å². The van der Waals surface area contributed by atoms with Gasteiger partial charge in [-0.2, -0.15) is 13.2 Å². The minimum absolute atomic E-state index is 0.0480. The van der Waals surface area contributed by atoms with E-state index in [1.807, 2.05) is 0 Å². The zero-order chi connectivity index (χ0) is 20.5. The molecule has 0 unspecified atom stereocenters. The van der Waals surface area contributed by atoms with E-state index in [1.54, 1.807) is 19.9 Å². The summed E-state index contributed by atoms with van der Waals surface area (Å²) in [6, 6.07) is 9.43.